The van der Waals surface area contributed by atoms with Crippen molar-refractivity contribution in [3.05, 3.63) is 56.4 Å². The summed E-state index contributed by atoms with van der Waals surface area (Å²) in [6.45, 7) is 6.25. The van der Waals surface area contributed by atoms with Crippen molar-refractivity contribution in [1.29, 1.82) is 0 Å². The molecule has 4 nitrogen and oxygen atoms in total. The number of amides is 1. The fraction of sp³-hybridized carbons (Fsp3) is 0.200. The van der Waals surface area contributed by atoms with Crippen molar-refractivity contribution in [2.24, 2.45) is 0 Å². The van der Waals surface area contributed by atoms with Crippen molar-refractivity contribution in [1.82, 2.24) is 0 Å². The van der Waals surface area contributed by atoms with Crippen LogP contribution in [-0.2, 0) is 4.79 Å². The number of carbonyl (C=O) groups is 1. The zero-order valence-corrected chi connectivity index (χ0v) is 18.3. The topological polar surface area (TPSA) is 49.8 Å². The third kappa shape index (κ3) is 4.05. The summed E-state index contributed by atoms with van der Waals surface area (Å²) in [4.78, 5) is 15.1. The summed E-state index contributed by atoms with van der Waals surface area (Å²) >= 11 is 10.0. The third-order valence-electron chi connectivity index (χ3n) is 4.04. The minimum Gasteiger partial charge on any atom is -0.503 e. The second-order valence-corrected chi connectivity index (χ2v) is 8.62. The molecule has 1 N–H and O–H groups in total. The number of thioether (sulfide) groups is 1. The van der Waals surface area contributed by atoms with E-state index in [0.717, 1.165) is 22.4 Å². The minimum absolute atomic E-state index is 0.0387. The zero-order valence-electron chi connectivity index (χ0n) is 15.1. The number of aromatic hydroxyl groups is 1. The SMILES string of the molecule is CCOc1cc(/C=C2\SC(=S)N(c3ccc(C)cc3C)C2=O)cc(Br)c1O. The van der Waals surface area contributed by atoms with Gasteiger partial charge in [-0.1, -0.05) is 41.7 Å². The Balaban J connectivity index is 1.97. The fourth-order valence-corrected chi connectivity index (χ4v) is 4.57. The quantitative estimate of drug-likeness (QED) is 0.473. The average molecular weight is 464 g/mol. The molecule has 1 aliphatic heterocycles. The zero-order chi connectivity index (χ0) is 19.7. The molecule has 140 valence electrons. The molecule has 0 aromatic heterocycles. The maximum Gasteiger partial charge on any atom is 0.270 e. The van der Waals surface area contributed by atoms with Gasteiger partial charge in [0.2, 0.25) is 0 Å². The van der Waals surface area contributed by atoms with Crippen LogP contribution in [0.5, 0.6) is 11.5 Å². The van der Waals surface area contributed by atoms with Crippen LogP contribution in [0.15, 0.2) is 39.7 Å². The Morgan fingerprint density at radius 1 is 1.30 bits per heavy atom. The molecule has 0 unspecified atom stereocenters. The highest BCUT2D eigenvalue weighted by atomic mass is 79.9. The first kappa shape index (κ1) is 19.9. The lowest BCUT2D eigenvalue weighted by Gasteiger charge is -2.17. The molecule has 27 heavy (non-hydrogen) atoms. The second-order valence-electron chi connectivity index (χ2n) is 6.09. The lowest BCUT2D eigenvalue weighted by molar-refractivity contribution is -0.113. The summed E-state index contributed by atoms with van der Waals surface area (Å²) in [6, 6.07) is 9.36. The van der Waals surface area contributed by atoms with E-state index in [-0.39, 0.29) is 11.7 Å². The summed E-state index contributed by atoms with van der Waals surface area (Å²) in [5.74, 6) is 0.249. The van der Waals surface area contributed by atoms with Crippen molar-refractivity contribution in [2.75, 3.05) is 11.5 Å². The first-order chi connectivity index (χ1) is 12.8. The van der Waals surface area contributed by atoms with Gasteiger partial charge in [0.25, 0.3) is 5.91 Å². The molecule has 1 aliphatic rings. The third-order valence-corrected chi connectivity index (χ3v) is 5.94. The molecule has 0 bridgehead atoms. The Morgan fingerprint density at radius 3 is 2.70 bits per heavy atom. The molecule has 0 atom stereocenters. The van der Waals surface area contributed by atoms with Crippen LogP contribution in [-0.4, -0.2) is 21.9 Å². The van der Waals surface area contributed by atoms with Gasteiger partial charge in [-0.3, -0.25) is 9.69 Å². The van der Waals surface area contributed by atoms with Crippen LogP contribution in [0.25, 0.3) is 6.08 Å². The number of anilines is 1. The van der Waals surface area contributed by atoms with E-state index in [1.54, 1.807) is 23.1 Å². The lowest BCUT2D eigenvalue weighted by Crippen LogP contribution is -2.28. The number of nitrogens with zero attached hydrogens (tertiary/aromatic N) is 1. The van der Waals surface area contributed by atoms with Crippen LogP contribution >= 0.6 is 39.9 Å². The van der Waals surface area contributed by atoms with Gasteiger partial charge in [-0.25, -0.2) is 0 Å². The number of rotatable bonds is 4. The monoisotopic (exact) mass is 463 g/mol. The molecule has 0 saturated carbocycles. The van der Waals surface area contributed by atoms with E-state index >= 15 is 0 Å². The van der Waals surface area contributed by atoms with Crippen LogP contribution in [0, 0.1) is 13.8 Å². The Morgan fingerprint density at radius 2 is 2.04 bits per heavy atom. The van der Waals surface area contributed by atoms with Crippen LogP contribution in [0.4, 0.5) is 5.69 Å². The maximum atomic E-state index is 13.0. The average Bonchev–Trinajstić information content (AvgIpc) is 2.87. The number of hydrogen-bond donors (Lipinski definition) is 1. The van der Waals surface area contributed by atoms with Crippen molar-refractivity contribution in [3.63, 3.8) is 0 Å². The Hall–Kier alpha value is -1.83. The largest absolute Gasteiger partial charge is 0.503 e. The maximum absolute atomic E-state index is 13.0. The van der Waals surface area contributed by atoms with Gasteiger partial charge in [0, 0.05) is 0 Å². The van der Waals surface area contributed by atoms with E-state index < -0.39 is 0 Å². The van der Waals surface area contributed by atoms with Gasteiger partial charge in [-0.15, -0.1) is 0 Å². The van der Waals surface area contributed by atoms with Crippen LogP contribution in [0.1, 0.15) is 23.6 Å². The Labute approximate surface area is 176 Å². The molecule has 1 heterocycles. The van der Waals surface area contributed by atoms with Gasteiger partial charge >= 0.3 is 0 Å². The lowest BCUT2D eigenvalue weighted by atomic mass is 10.1. The van der Waals surface area contributed by atoms with E-state index in [1.165, 1.54) is 11.8 Å². The van der Waals surface area contributed by atoms with E-state index in [0.29, 0.717) is 26.1 Å². The summed E-state index contributed by atoms with van der Waals surface area (Å²) in [7, 11) is 0. The molecule has 0 aliphatic carbocycles. The van der Waals surface area contributed by atoms with Crippen molar-refractivity contribution in [2.45, 2.75) is 20.8 Å². The molecule has 0 spiro atoms. The Bertz CT molecular complexity index is 972. The van der Waals surface area contributed by atoms with Gasteiger partial charge < -0.3 is 9.84 Å². The minimum atomic E-state index is -0.154. The smallest absolute Gasteiger partial charge is 0.270 e. The van der Waals surface area contributed by atoms with E-state index in [4.69, 9.17) is 17.0 Å². The Kier molecular flexibility index (Phi) is 5.93. The number of halogens is 1. The molecule has 1 saturated heterocycles. The van der Waals surface area contributed by atoms with E-state index in [1.807, 2.05) is 39.0 Å². The van der Waals surface area contributed by atoms with Crippen molar-refractivity contribution >= 4 is 61.9 Å². The molecular formula is C20H18BrNO3S2. The van der Waals surface area contributed by atoms with Gasteiger partial charge in [0.15, 0.2) is 15.8 Å². The summed E-state index contributed by atoms with van der Waals surface area (Å²) in [5, 5.41) is 10.1. The highest BCUT2D eigenvalue weighted by Crippen LogP contribution is 2.40. The highest BCUT2D eigenvalue weighted by molar-refractivity contribution is 9.10. The van der Waals surface area contributed by atoms with Gasteiger partial charge in [-0.2, -0.15) is 0 Å². The van der Waals surface area contributed by atoms with Crippen LogP contribution < -0.4 is 9.64 Å². The first-order valence-corrected chi connectivity index (χ1v) is 10.3. The van der Waals surface area contributed by atoms with Crippen molar-refractivity contribution in [3.8, 4) is 11.5 Å². The number of phenolic OH excluding ortho intramolecular Hbond substituents is 1. The molecule has 0 radical (unpaired) electrons. The number of aryl methyl sites for hydroxylation is 2. The normalized spacial score (nSPS) is 15.7. The van der Waals surface area contributed by atoms with Gasteiger partial charge in [-0.05, 0) is 72.1 Å². The van der Waals surface area contributed by atoms with E-state index in [2.05, 4.69) is 15.9 Å². The van der Waals surface area contributed by atoms with Crippen LogP contribution in [0.3, 0.4) is 0 Å². The molecule has 7 heteroatoms. The molecule has 2 aromatic carbocycles. The van der Waals surface area contributed by atoms with Crippen molar-refractivity contribution < 1.29 is 14.6 Å². The van der Waals surface area contributed by atoms with Crippen LogP contribution in [0.2, 0.25) is 0 Å². The standard InChI is InChI=1S/C20H18BrNO3S2/c1-4-25-16-9-13(8-14(21)18(16)23)10-17-19(24)22(20(26)27-17)15-6-5-11(2)7-12(15)3/h5-10,23H,4H2,1-3H3/b17-10-. The summed E-state index contributed by atoms with van der Waals surface area (Å²) in [6.07, 6.45) is 1.76. The highest BCUT2D eigenvalue weighted by Gasteiger charge is 2.34. The number of phenols is 1. The molecule has 1 fully saturated rings. The second kappa shape index (κ2) is 8.04. The summed E-state index contributed by atoms with van der Waals surface area (Å²) < 4.78 is 6.46. The summed E-state index contributed by atoms with van der Waals surface area (Å²) in [5.41, 5.74) is 3.67. The van der Waals surface area contributed by atoms with E-state index in [9.17, 15) is 9.90 Å². The molecule has 2 aromatic rings. The predicted octanol–water partition coefficient (Wildman–Crippen LogP) is 5.58. The molecule has 1 amide bonds. The number of carbonyl (C=O) groups excluding carboxylic acids is 1. The number of hydrogen-bond acceptors (Lipinski definition) is 5. The van der Waals surface area contributed by atoms with Gasteiger partial charge in [0.1, 0.15) is 0 Å². The molecular weight excluding hydrogens is 446 g/mol. The number of thiocarbonyl (C=S) groups is 1. The molecule has 3 rings (SSSR count). The number of ether oxygens (including phenoxy) is 1. The van der Waals surface area contributed by atoms with Gasteiger partial charge in [0.05, 0.1) is 21.7 Å². The fourth-order valence-electron chi connectivity index (χ4n) is 2.83. The predicted molar refractivity (Wildman–Crippen MR) is 119 cm³/mol. The number of benzene rings is 2. The first-order valence-electron chi connectivity index (χ1n) is 8.32.